The van der Waals surface area contributed by atoms with Crippen molar-refractivity contribution >= 4 is 62.1 Å². The number of aromatic amines is 2. The van der Waals surface area contributed by atoms with Gasteiger partial charge in [0.1, 0.15) is 5.15 Å². The van der Waals surface area contributed by atoms with Gasteiger partial charge < -0.3 is 15.3 Å². The van der Waals surface area contributed by atoms with Crippen molar-refractivity contribution in [2.45, 2.75) is 25.3 Å². The van der Waals surface area contributed by atoms with Crippen molar-refractivity contribution in [2.24, 2.45) is 0 Å². The zero-order chi connectivity index (χ0) is 26.8. The van der Waals surface area contributed by atoms with Gasteiger partial charge in [0.05, 0.1) is 11.1 Å². The van der Waals surface area contributed by atoms with E-state index in [4.69, 9.17) is 11.6 Å². The van der Waals surface area contributed by atoms with E-state index in [9.17, 15) is 9.59 Å². The van der Waals surface area contributed by atoms with Gasteiger partial charge in [-0.15, -0.1) is 0 Å². The molecule has 0 saturated heterocycles. The maximum atomic E-state index is 12.6. The summed E-state index contributed by atoms with van der Waals surface area (Å²) >= 11 is 6.42. The first kappa shape index (κ1) is 24.8. The molecule has 1 aliphatic heterocycles. The number of nitrogens with one attached hydrogen (secondary N) is 4. The molecule has 1 aliphatic carbocycles. The van der Waals surface area contributed by atoms with E-state index in [0.717, 1.165) is 21.8 Å². The highest BCUT2D eigenvalue weighted by atomic mass is 35.5. The monoisotopic (exact) mass is 534 g/mol. The molecule has 6 nitrogen and oxygen atoms in total. The minimum absolute atomic E-state index is 0.294. The van der Waals surface area contributed by atoms with Crippen molar-refractivity contribution in [3.05, 3.63) is 113 Å². The lowest BCUT2D eigenvalue weighted by Gasteiger charge is -2.18. The number of carbonyl (C=O) groups excluding carboxylic acids is 2. The van der Waals surface area contributed by atoms with Crippen LogP contribution in [0.25, 0.3) is 33.0 Å². The third kappa shape index (κ3) is 4.87. The second-order valence-electron chi connectivity index (χ2n) is 9.62. The number of anilines is 1. The number of carbonyl (C=O) groups is 2. The Morgan fingerprint density at radius 1 is 0.795 bits per heavy atom. The summed E-state index contributed by atoms with van der Waals surface area (Å²) in [5.74, 6) is -0.863. The Morgan fingerprint density at radius 2 is 1.49 bits per heavy atom. The molecular weight excluding hydrogens is 508 g/mol. The first-order valence-electron chi connectivity index (χ1n) is 13.0. The number of H-pyrrole nitrogens is 2. The molecule has 2 amide bonds. The average molecular weight is 535 g/mol. The summed E-state index contributed by atoms with van der Waals surface area (Å²) in [5, 5.41) is 7.92. The van der Waals surface area contributed by atoms with Crippen LogP contribution in [-0.2, 0) is 9.59 Å². The van der Waals surface area contributed by atoms with E-state index in [1.54, 1.807) is 6.20 Å². The Balaban J connectivity index is 0.000000179. The summed E-state index contributed by atoms with van der Waals surface area (Å²) in [4.78, 5) is 31.5. The largest absolute Gasteiger partial charge is 0.379 e. The Morgan fingerprint density at radius 3 is 2.26 bits per heavy atom. The molecule has 1 unspecified atom stereocenters. The second kappa shape index (κ2) is 10.7. The fourth-order valence-electron chi connectivity index (χ4n) is 5.26. The van der Waals surface area contributed by atoms with Crippen molar-refractivity contribution in [3.8, 4) is 0 Å². The van der Waals surface area contributed by atoms with Crippen LogP contribution in [0.1, 0.15) is 30.4 Å². The molecule has 0 bridgehead atoms. The topological polar surface area (TPSA) is 89.8 Å². The zero-order valence-electron chi connectivity index (χ0n) is 21.1. The summed E-state index contributed by atoms with van der Waals surface area (Å²) in [6.07, 6.45) is 10.1. The molecular formula is C32H27ClN4O2. The number of aromatic nitrogens is 2. The number of allylic oxidation sites excluding steroid dienone is 1. The Labute approximate surface area is 230 Å². The molecule has 7 heteroatoms. The molecule has 5 aromatic rings. The number of hydrogen-bond acceptors (Lipinski definition) is 3. The van der Waals surface area contributed by atoms with Crippen molar-refractivity contribution in [2.75, 3.05) is 5.32 Å². The van der Waals surface area contributed by atoms with E-state index < -0.39 is 11.8 Å². The normalized spacial score (nSPS) is 16.9. The number of imide groups is 1. The van der Waals surface area contributed by atoms with Crippen LogP contribution in [0.2, 0.25) is 5.15 Å². The van der Waals surface area contributed by atoms with Crippen molar-refractivity contribution in [3.63, 3.8) is 0 Å². The lowest BCUT2D eigenvalue weighted by Crippen LogP contribution is -2.22. The number of rotatable bonds is 4. The van der Waals surface area contributed by atoms with Crippen LogP contribution in [0.4, 0.5) is 5.69 Å². The van der Waals surface area contributed by atoms with Gasteiger partial charge in [-0.25, -0.2) is 0 Å². The Kier molecular flexibility index (Phi) is 6.78. The predicted molar refractivity (Wildman–Crippen MR) is 158 cm³/mol. The molecule has 4 N–H and O–H groups in total. The van der Waals surface area contributed by atoms with Gasteiger partial charge in [-0.2, -0.15) is 0 Å². The van der Waals surface area contributed by atoms with Gasteiger partial charge in [-0.3, -0.25) is 14.9 Å². The Hall–Kier alpha value is -4.55. The lowest BCUT2D eigenvalue weighted by atomic mass is 9.95. The minimum Gasteiger partial charge on any atom is -0.379 e. The SMILES string of the molecule is C1=CC(Nc2ccccc2)CCC1.O=C1NC(=O)C(c2c(Cl)[nH]c3ccccc23)=C1c1c[nH]c2ccccc12. The van der Waals surface area contributed by atoms with Gasteiger partial charge in [0.15, 0.2) is 0 Å². The van der Waals surface area contributed by atoms with Gasteiger partial charge in [-0.1, -0.05) is 78.4 Å². The first-order valence-corrected chi connectivity index (χ1v) is 13.4. The minimum atomic E-state index is -0.443. The molecule has 7 rings (SSSR count). The summed E-state index contributed by atoms with van der Waals surface area (Å²) in [6, 6.07) is 26.1. The molecule has 0 saturated carbocycles. The van der Waals surface area contributed by atoms with E-state index >= 15 is 0 Å². The molecule has 1 atom stereocenters. The summed E-state index contributed by atoms with van der Waals surface area (Å²) in [7, 11) is 0. The van der Waals surface area contributed by atoms with Crippen LogP contribution in [-0.4, -0.2) is 27.8 Å². The maximum absolute atomic E-state index is 12.6. The number of fused-ring (bicyclic) bond motifs is 2. The van der Waals surface area contributed by atoms with E-state index in [1.165, 1.54) is 24.9 Å². The van der Waals surface area contributed by atoms with Crippen LogP contribution < -0.4 is 10.6 Å². The number of amides is 2. The van der Waals surface area contributed by atoms with Crippen LogP contribution in [0.15, 0.2) is 97.2 Å². The third-order valence-electron chi connectivity index (χ3n) is 7.08. The highest BCUT2D eigenvalue weighted by molar-refractivity contribution is 6.52. The van der Waals surface area contributed by atoms with Gasteiger partial charge >= 0.3 is 0 Å². The quantitative estimate of drug-likeness (QED) is 0.147. The molecule has 3 heterocycles. The van der Waals surface area contributed by atoms with Gasteiger partial charge in [0.25, 0.3) is 11.8 Å². The van der Waals surface area contributed by atoms with Crippen LogP contribution >= 0.6 is 11.6 Å². The van der Waals surface area contributed by atoms with E-state index in [2.05, 4.69) is 57.0 Å². The predicted octanol–water partition coefficient (Wildman–Crippen LogP) is 7.08. The first-order chi connectivity index (χ1) is 19.1. The zero-order valence-corrected chi connectivity index (χ0v) is 21.9. The third-order valence-corrected chi connectivity index (χ3v) is 7.36. The summed E-state index contributed by atoms with van der Waals surface area (Å²) < 4.78 is 0. The number of benzene rings is 3. The molecule has 3 aromatic carbocycles. The van der Waals surface area contributed by atoms with E-state index in [1.807, 2.05) is 54.6 Å². The molecule has 2 aromatic heterocycles. The van der Waals surface area contributed by atoms with Crippen LogP contribution in [0.3, 0.4) is 0 Å². The highest BCUT2D eigenvalue weighted by Gasteiger charge is 2.35. The second-order valence-corrected chi connectivity index (χ2v) is 9.99. The number of hydrogen-bond donors (Lipinski definition) is 4. The van der Waals surface area contributed by atoms with Crippen LogP contribution in [0.5, 0.6) is 0 Å². The Bertz CT molecular complexity index is 1750. The molecule has 2 aliphatic rings. The van der Waals surface area contributed by atoms with Gasteiger partial charge in [-0.05, 0) is 43.5 Å². The van der Waals surface area contributed by atoms with Gasteiger partial charge in [0, 0.05) is 50.9 Å². The lowest BCUT2D eigenvalue weighted by molar-refractivity contribution is -0.122. The molecule has 0 radical (unpaired) electrons. The van der Waals surface area contributed by atoms with E-state index in [-0.39, 0.29) is 0 Å². The molecule has 39 heavy (non-hydrogen) atoms. The van der Waals surface area contributed by atoms with Gasteiger partial charge in [0.2, 0.25) is 0 Å². The average Bonchev–Trinajstić information content (AvgIpc) is 3.61. The van der Waals surface area contributed by atoms with E-state index in [0.29, 0.717) is 33.5 Å². The van der Waals surface area contributed by atoms with Crippen molar-refractivity contribution in [1.29, 1.82) is 0 Å². The van der Waals surface area contributed by atoms with Crippen molar-refractivity contribution < 1.29 is 9.59 Å². The highest BCUT2D eigenvalue weighted by Crippen LogP contribution is 2.40. The summed E-state index contributed by atoms with van der Waals surface area (Å²) in [5.41, 5.74) is 4.78. The number of halogens is 1. The maximum Gasteiger partial charge on any atom is 0.259 e. The smallest absolute Gasteiger partial charge is 0.259 e. The number of para-hydroxylation sites is 3. The fraction of sp³-hybridized carbons (Fsp3) is 0.125. The molecule has 0 spiro atoms. The molecule has 194 valence electrons. The standard InChI is InChI=1S/C20H12ClN3O2.C12H15N/c21-18-15(11-6-2-4-8-14(11)23-18)17-16(19(25)24-20(17)26)12-9-22-13-7-3-1-5-10(12)13;1-3-7-11(8-4-1)13-12-9-5-2-6-10-12/h1-9,22-23H,(H,24,25,26);1,3-5,7-9,12-13H,2,6,10H2. The molecule has 0 fully saturated rings. The van der Waals surface area contributed by atoms with Crippen molar-refractivity contribution in [1.82, 2.24) is 15.3 Å². The summed E-state index contributed by atoms with van der Waals surface area (Å²) in [6.45, 7) is 0. The van der Waals surface area contributed by atoms with Crippen LogP contribution in [0, 0.1) is 0 Å². The fourth-order valence-corrected chi connectivity index (χ4v) is 5.56.